The molecule has 0 saturated heterocycles. The van der Waals surface area contributed by atoms with Crippen LogP contribution in [0.25, 0.3) is 0 Å². The van der Waals surface area contributed by atoms with Crippen LogP contribution in [-0.2, 0) is 0 Å². The van der Waals surface area contributed by atoms with E-state index in [1.54, 1.807) is 0 Å². The van der Waals surface area contributed by atoms with E-state index >= 15 is 0 Å². The normalized spacial score (nSPS) is 7.00. The molecule has 0 aliphatic rings. The summed E-state index contributed by atoms with van der Waals surface area (Å²) >= 11 is 0.743. The smallest absolute Gasteiger partial charge is 1.00 e. The maximum absolute atomic E-state index is 2.25. The second kappa shape index (κ2) is 9.75. The first-order valence-corrected chi connectivity index (χ1v) is 4.70. The fourth-order valence-corrected chi connectivity index (χ4v) is 1.16. The van der Waals surface area contributed by atoms with Crippen molar-refractivity contribution in [1.82, 2.24) is 0 Å². The molecule has 0 aromatic heterocycles. The summed E-state index contributed by atoms with van der Waals surface area (Å²) in [5.74, 6) is 0. The first kappa shape index (κ1) is 10.5. The van der Waals surface area contributed by atoms with Crippen LogP contribution in [0.1, 0.15) is 13.8 Å². The Morgan fingerprint density at radius 2 is 1.50 bits per heavy atom. The molecule has 0 radical (unpaired) electrons. The topological polar surface area (TPSA) is 0 Å². The molecule has 0 aromatic carbocycles. The van der Waals surface area contributed by atoms with Crippen LogP contribution in [0.15, 0.2) is 0 Å². The Labute approximate surface area is 69.1 Å². The third kappa shape index (κ3) is 9.12. The van der Waals surface area contributed by atoms with Crippen LogP contribution in [0.5, 0.6) is 0 Å². The van der Waals surface area contributed by atoms with Crippen molar-refractivity contribution in [2.45, 2.75) is 24.3 Å². The summed E-state index contributed by atoms with van der Waals surface area (Å²) in [7, 11) is 0. The van der Waals surface area contributed by atoms with Crippen molar-refractivity contribution in [2.24, 2.45) is 0 Å². The molecule has 0 amide bonds. The fourth-order valence-electron chi connectivity index (χ4n) is 0.224. The van der Waals surface area contributed by atoms with E-state index in [1.807, 2.05) is 0 Å². The summed E-state index contributed by atoms with van der Waals surface area (Å²) < 4.78 is 0. The first-order chi connectivity index (χ1) is 2.41. The molecule has 0 atom stereocenters. The van der Waals surface area contributed by atoms with Gasteiger partial charge >= 0.3 is 69.6 Å². The molecule has 0 rings (SSSR count). The van der Waals surface area contributed by atoms with Crippen molar-refractivity contribution < 1.29 is 29.6 Å². The molecule has 0 heterocycles. The van der Waals surface area contributed by atoms with E-state index in [0.29, 0.717) is 0 Å². The van der Waals surface area contributed by atoms with Gasteiger partial charge in [0.05, 0.1) is 0 Å². The van der Waals surface area contributed by atoms with E-state index in [4.69, 9.17) is 0 Å². The monoisotopic (exact) mass is 156 g/mol. The zero-order valence-corrected chi connectivity index (χ0v) is 8.74. The molecule has 32 valence electrons. The SMILES string of the molecule is CC[As-]CC.[Na+]. The van der Waals surface area contributed by atoms with E-state index < -0.39 is 0 Å². The van der Waals surface area contributed by atoms with Gasteiger partial charge in [-0.05, 0) is 0 Å². The molecule has 0 fully saturated rings. The maximum atomic E-state index is 2.25. The first-order valence-electron chi connectivity index (χ1n) is 2.05. The van der Waals surface area contributed by atoms with Gasteiger partial charge in [-0.25, -0.2) is 0 Å². The van der Waals surface area contributed by atoms with Crippen LogP contribution in [-0.4, -0.2) is 15.8 Å². The van der Waals surface area contributed by atoms with Gasteiger partial charge in [0.15, 0.2) is 0 Å². The third-order valence-corrected chi connectivity index (χ3v) is 2.32. The molecule has 0 spiro atoms. The molecular weight excluding hydrogens is 146 g/mol. The van der Waals surface area contributed by atoms with Gasteiger partial charge in [-0.3, -0.25) is 0 Å². The minimum absolute atomic E-state index is 0. The van der Waals surface area contributed by atoms with E-state index in [2.05, 4.69) is 13.8 Å². The van der Waals surface area contributed by atoms with Crippen LogP contribution in [0.2, 0.25) is 10.4 Å². The van der Waals surface area contributed by atoms with Crippen molar-refractivity contribution in [1.29, 1.82) is 0 Å². The Morgan fingerprint density at radius 3 is 1.50 bits per heavy atom. The van der Waals surface area contributed by atoms with Crippen LogP contribution >= 0.6 is 0 Å². The molecule has 0 N–H and O–H groups in total. The summed E-state index contributed by atoms with van der Waals surface area (Å²) in [5, 5.41) is 2.88. The Kier molecular flexibility index (Phi) is 17.1. The Morgan fingerprint density at radius 1 is 1.17 bits per heavy atom. The largest absolute Gasteiger partial charge is 1.00 e. The van der Waals surface area contributed by atoms with E-state index in [1.165, 1.54) is 10.4 Å². The molecule has 0 saturated carbocycles. The molecule has 2 heteroatoms. The van der Waals surface area contributed by atoms with Crippen molar-refractivity contribution in [2.75, 3.05) is 0 Å². The standard InChI is InChI=1S/C4H10As.Na/c1-3-5-4-2;/h3-4H2,1-2H3;/q-1;+1. The van der Waals surface area contributed by atoms with Crippen LogP contribution in [0.3, 0.4) is 0 Å². The number of hydrogen-bond donors (Lipinski definition) is 0. The number of hydrogen-bond acceptors (Lipinski definition) is 0. The van der Waals surface area contributed by atoms with Crippen molar-refractivity contribution in [3.63, 3.8) is 0 Å². The van der Waals surface area contributed by atoms with Crippen molar-refractivity contribution in [3.8, 4) is 0 Å². The fraction of sp³-hybridized carbons (Fsp3) is 1.00. The summed E-state index contributed by atoms with van der Waals surface area (Å²) in [5.41, 5.74) is 0. The van der Waals surface area contributed by atoms with E-state index in [-0.39, 0.29) is 29.6 Å². The summed E-state index contributed by atoms with van der Waals surface area (Å²) in [6.07, 6.45) is 0. The van der Waals surface area contributed by atoms with Crippen LogP contribution < -0.4 is 29.6 Å². The minimum Gasteiger partial charge on any atom is 1.00 e. The van der Waals surface area contributed by atoms with Gasteiger partial charge in [0.1, 0.15) is 0 Å². The summed E-state index contributed by atoms with van der Waals surface area (Å²) in [6, 6.07) is 0. The molecule has 0 aliphatic carbocycles. The van der Waals surface area contributed by atoms with E-state index in [9.17, 15) is 0 Å². The predicted molar refractivity (Wildman–Crippen MR) is 26.7 cm³/mol. The Bertz CT molecular complexity index is 15.0. The Balaban J connectivity index is 0. The zero-order chi connectivity index (χ0) is 4.12. The second-order valence-corrected chi connectivity index (χ2v) is 4.45. The van der Waals surface area contributed by atoms with Gasteiger partial charge in [0, 0.05) is 0 Å². The molecule has 0 nitrogen and oxygen atoms in total. The second-order valence-electron chi connectivity index (χ2n) is 0.856. The molecular formula is C4H10AsNa. The van der Waals surface area contributed by atoms with Gasteiger partial charge in [0.2, 0.25) is 0 Å². The quantitative estimate of drug-likeness (QED) is 0.430. The zero-order valence-electron chi connectivity index (χ0n) is 4.86. The van der Waals surface area contributed by atoms with Crippen LogP contribution in [0, 0.1) is 0 Å². The van der Waals surface area contributed by atoms with E-state index in [0.717, 1.165) is 15.8 Å². The van der Waals surface area contributed by atoms with Gasteiger partial charge < -0.3 is 0 Å². The minimum atomic E-state index is 0. The third-order valence-electron chi connectivity index (χ3n) is 0.447. The van der Waals surface area contributed by atoms with Crippen molar-refractivity contribution >= 4 is 15.8 Å². The molecule has 0 bridgehead atoms. The Hall–Kier alpha value is 1.56. The van der Waals surface area contributed by atoms with Gasteiger partial charge in [-0.15, -0.1) is 0 Å². The van der Waals surface area contributed by atoms with Gasteiger partial charge in [0.25, 0.3) is 0 Å². The molecule has 0 aliphatic heterocycles. The maximum Gasteiger partial charge on any atom is 1.00 e. The van der Waals surface area contributed by atoms with Crippen molar-refractivity contribution in [3.05, 3.63) is 0 Å². The summed E-state index contributed by atoms with van der Waals surface area (Å²) in [6.45, 7) is 4.51. The van der Waals surface area contributed by atoms with Gasteiger partial charge in [-0.2, -0.15) is 0 Å². The average Bonchev–Trinajstić information content (AvgIpc) is 1.41. The predicted octanol–water partition coefficient (Wildman–Crippen LogP) is -1.43. The average molecular weight is 156 g/mol. The molecule has 0 aromatic rings. The molecule has 6 heavy (non-hydrogen) atoms. The van der Waals surface area contributed by atoms with Crippen LogP contribution in [0.4, 0.5) is 0 Å². The number of rotatable bonds is 2. The summed E-state index contributed by atoms with van der Waals surface area (Å²) in [4.78, 5) is 0. The van der Waals surface area contributed by atoms with Gasteiger partial charge in [-0.1, -0.05) is 0 Å². The molecule has 0 unspecified atom stereocenters.